The molecule has 108 valence electrons. The summed E-state index contributed by atoms with van der Waals surface area (Å²) in [6.07, 6.45) is 5.18. The molecule has 0 unspecified atom stereocenters. The summed E-state index contributed by atoms with van der Waals surface area (Å²) in [5, 5.41) is 8.55. The van der Waals surface area contributed by atoms with Gasteiger partial charge < -0.3 is 10.0 Å². The molecule has 0 saturated heterocycles. The van der Waals surface area contributed by atoms with Gasteiger partial charge in [-0.05, 0) is 23.5 Å². The molecule has 0 aliphatic carbocycles. The third-order valence-corrected chi connectivity index (χ3v) is 3.38. The lowest BCUT2D eigenvalue weighted by Crippen LogP contribution is -2.26. The highest BCUT2D eigenvalue weighted by molar-refractivity contribution is 7.98. The number of aliphatic carboxylic acids is 1. The topological polar surface area (TPSA) is 57.6 Å². The molecule has 5 heteroatoms. The maximum Gasteiger partial charge on any atom is 0.328 e. The van der Waals surface area contributed by atoms with Gasteiger partial charge in [-0.15, -0.1) is 0 Å². The Hall–Kier alpha value is -1.75. The van der Waals surface area contributed by atoms with E-state index in [1.807, 2.05) is 30.5 Å². The zero-order valence-electron chi connectivity index (χ0n) is 11.7. The summed E-state index contributed by atoms with van der Waals surface area (Å²) in [5.74, 6) is 0.00430. The Bertz CT molecular complexity index is 482. The largest absolute Gasteiger partial charge is 0.478 e. The highest BCUT2D eigenvalue weighted by Gasteiger charge is 2.08. The lowest BCUT2D eigenvalue weighted by atomic mass is 10.1. The molecule has 0 spiro atoms. The third-order valence-electron chi connectivity index (χ3n) is 2.76. The molecule has 0 radical (unpaired) electrons. The van der Waals surface area contributed by atoms with Crippen molar-refractivity contribution in [1.29, 1.82) is 0 Å². The van der Waals surface area contributed by atoms with E-state index in [0.29, 0.717) is 13.0 Å². The van der Waals surface area contributed by atoms with E-state index in [2.05, 4.69) is 0 Å². The number of rotatable bonds is 7. The molecule has 1 N–H and O–H groups in total. The molecule has 0 heterocycles. The zero-order valence-corrected chi connectivity index (χ0v) is 12.5. The maximum absolute atomic E-state index is 11.8. The van der Waals surface area contributed by atoms with Gasteiger partial charge in [0.1, 0.15) is 0 Å². The first kappa shape index (κ1) is 16.3. The second-order valence-corrected chi connectivity index (χ2v) is 5.39. The number of carboxylic acids is 1. The van der Waals surface area contributed by atoms with Gasteiger partial charge in [0.05, 0.1) is 0 Å². The fourth-order valence-electron chi connectivity index (χ4n) is 1.64. The standard InChI is InChI=1S/C15H19NO3S/c1-16(14(17)9-10-20-2)11-13-5-3-12(4-6-13)7-8-15(18)19/h3-8H,9-11H2,1-2H3,(H,18,19). The number of hydrogen-bond donors (Lipinski definition) is 1. The van der Waals surface area contributed by atoms with Gasteiger partial charge in [-0.2, -0.15) is 11.8 Å². The second-order valence-electron chi connectivity index (χ2n) is 4.41. The number of carbonyl (C=O) groups excluding carboxylic acids is 1. The fourth-order valence-corrected chi connectivity index (χ4v) is 2.02. The molecular formula is C15H19NO3S. The molecule has 1 rings (SSSR count). The van der Waals surface area contributed by atoms with Crippen LogP contribution in [0.3, 0.4) is 0 Å². The van der Waals surface area contributed by atoms with Gasteiger partial charge >= 0.3 is 5.97 Å². The Labute approximate surface area is 123 Å². The van der Waals surface area contributed by atoms with Crippen molar-refractivity contribution in [2.24, 2.45) is 0 Å². The van der Waals surface area contributed by atoms with Gasteiger partial charge in [-0.1, -0.05) is 24.3 Å². The summed E-state index contributed by atoms with van der Waals surface area (Å²) in [7, 11) is 1.79. The molecule has 0 fully saturated rings. The van der Waals surface area contributed by atoms with Gasteiger partial charge in [-0.3, -0.25) is 4.79 Å². The Morgan fingerprint density at radius 2 is 1.95 bits per heavy atom. The predicted molar refractivity (Wildman–Crippen MR) is 82.6 cm³/mol. The normalized spacial score (nSPS) is 10.7. The quantitative estimate of drug-likeness (QED) is 0.785. The van der Waals surface area contributed by atoms with E-state index >= 15 is 0 Å². The fraction of sp³-hybridized carbons (Fsp3) is 0.333. The van der Waals surface area contributed by atoms with Gasteiger partial charge in [0, 0.05) is 31.8 Å². The molecule has 0 aliphatic heterocycles. The number of thioether (sulfide) groups is 1. The van der Waals surface area contributed by atoms with Crippen LogP contribution in [0.5, 0.6) is 0 Å². The molecule has 0 aromatic heterocycles. The third kappa shape index (κ3) is 5.93. The zero-order chi connectivity index (χ0) is 15.0. The summed E-state index contributed by atoms with van der Waals surface area (Å²) in [5.41, 5.74) is 1.85. The van der Waals surface area contributed by atoms with Gasteiger partial charge in [-0.25, -0.2) is 4.79 Å². The lowest BCUT2D eigenvalue weighted by Gasteiger charge is -2.17. The van der Waals surface area contributed by atoms with Gasteiger partial charge in [0.2, 0.25) is 5.91 Å². The molecule has 0 atom stereocenters. The van der Waals surface area contributed by atoms with Crippen LogP contribution in [0, 0.1) is 0 Å². The van der Waals surface area contributed by atoms with Gasteiger partial charge in [0.25, 0.3) is 0 Å². The molecule has 1 aromatic carbocycles. The van der Waals surface area contributed by atoms with Crippen LogP contribution in [0.4, 0.5) is 0 Å². The van der Waals surface area contributed by atoms with Crippen LogP contribution in [0.1, 0.15) is 17.5 Å². The first-order chi connectivity index (χ1) is 9.52. The van der Waals surface area contributed by atoms with E-state index in [-0.39, 0.29) is 5.91 Å². The number of carbonyl (C=O) groups is 2. The highest BCUT2D eigenvalue weighted by Crippen LogP contribution is 2.09. The number of hydrogen-bond acceptors (Lipinski definition) is 3. The Morgan fingerprint density at radius 1 is 1.30 bits per heavy atom. The first-order valence-electron chi connectivity index (χ1n) is 6.25. The van der Waals surface area contributed by atoms with E-state index in [0.717, 1.165) is 23.0 Å². The molecule has 0 aliphatic rings. The molecule has 4 nitrogen and oxygen atoms in total. The summed E-state index contributed by atoms with van der Waals surface area (Å²) >= 11 is 1.66. The van der Waals surface area contributed by atoms with Crippen LogP contribution in [0.2, 0.25) is 0 Å². The van der Waals surface area contributed by atoms with Crippen molar-refractivity contribution in [3.63, 3.8) is 0 Å². The van der Waals surface area contributed by atoms with E-state index in [1.54, 1.807) is 29.8 Å². The lowest BCUT2D eigenvalue weighted by molar-refractivity contribution is -0.131. The smallest absolute Gasteiger partial charge is 0.328 e. The average Bonchev–Trinajstić information content (AvgIpc) is 2.43. The second kappa shape index (κ2) is 8.43. The van der Waals surface area contributed by atoms with E-state index in [1.165, 1.54) is 0 Å². The maximum atomic E-state index is 11.8. The SMILES string of the molecule is CSCCC(=O)N(C)Cc1ccc(C=CC(=O)O)cc1. The van der Waals surface area contributed by atoms with Crippen LogP contribution in [0.25, 0.3) is 6.08 Å². The molecule has 0 bridgehead atoms. The van der Waals surface area contributed by atoms with E-state index in [4.69, 9.17) is 5.11 Å². The van der Waals surface area contributed by atoms with Crippen molar-refractivity contribution in [2.45, 2.75) is 13.0 Å². The predicted octanol–water partition coefficient (Wildman–Crippen LogP) is 2.50. The summed E-state index contributed by atoms with van der Waals surface area (Å²) in [6, 6.07) is 7.49. The summed E-state index contributed by atoms with van der Waals surface area (Å²) < 4.78 is 0. The van der Waals surface area contributed by atoms with Crippen molar-refractivity contribution >= 4 is 29.7 Å². The molecular weight excluding hydrogens is 274 g/mol. The monoisotopic (exact) mass is 293 g/mol. The van der Waals surface area contributed by atoms with Gasteiger partial charge in [0.15, 0.2) is 0 Å². The van der Waals surface area contributed by atoms with Crippen LogP contribution >= 0.6 is 11.8 Å². The molecule has 1 aromatic rings. The van der Waals surface area contributed by atoms with Crippen LogP contribution < -0.4 is 0 Å². The number of benzene rings is 1. The first-order valence-corrected chi connectivity index (χ1v) is 7.65. The molecule has 0 saturated carbocycles. The summed E-state index contributed by atoms with van der Waals surface area (Å²) in [6.45, 7) is 0.566. The van der Waals surface area contributed by atoms with Crippen molar-refractivity contribution in [1.82, 2.24) is 4.90 Å². The van der Waals surface area contributed by atoms with Crippen LogP contribution in [-0.4, -0.2) is 40.9 Å². The summed E-state index contributed by atoms with van der Waals surface area (Å²) in [4.78, 5) is 23.9. The van der Waals surface area contributed by atoms with E-state index in [9.17, 15) is 9.59 Å². The minimum atomic E-state index is -0.965. The highest BCUT2D eigenvalue weighted by atomic mass is 32.2. The number of nitrogens with zero attached hydrogens (tertiary/aromatic N) is 1. The minimum absolute atomic E-state index is 0.134. The Kier molecular flexibility index (Phi) is 6.87. The van der Waals surface area contributed by atoms with Crippen molar-refractivity contribution in [2.75, 3.05) is 19.1 Å². The average molecular weight is 293 g/mol. The minimum Gasteiger partial charge on any atom is -0.478 e. The number of amides is 1. The van der Waals surface area contributed by atoms with Crippen LogP contribution in [0.15, 0.2) is 30.3 Å². The molecule has 20 heavy (non-hydrogen) atoms. The van der Waals surface area contributed by atoms with Crippen molar-refractivity contribution in [3.8, 4) is 0 Å². The Balaban J connectivity index is 2.56. The molecule has 1 amide bonds. The van der Waals surface area contributed by atoms with E-state index < -0.39 is 5.97 Å². The van der Waals surface area contributed by atoms with Crippen molar-refractivity contribution < 1.29 is 14.7 Å². The van der Waals surface area contributed by atoms with Crippen molar-refractivity contribution in [3.05, 3.63) is 41.5 Å². The number of carboxylic acid groups (broad SMARTS) is 1. The van der Waals surface area contributed by atoms with Crippen LogP contribution in [-0.2, 0) is 16.1 Å². The Morgan fingerprint density at radius 3 is 2.50 bits per heavy atom.